The summed E-state index contributed by atoms with van der Waals surface area (Å²) in [6.45, 7) is 5.37. The maximum atomic E-state index is 5.81. The molecule has 0 aromatic carbocycles. The quantitative estimate of drug-likeness (QED) is 0.722. The maximum absolute atomic E-state index is 5.81. The number of pyridine rings is 1. The Kier molecular flexibility index (Phi) is 4.04. The number of rotatable bonds is 5. The summed E-state index contributed by atoms with van der Waals surface area (Å²) in [5.41, 5.74) is 1.10. The van der Waals surface area contributed by atoms with Crippen LogP contribution in [0.2, 0.25) is 0 Å². The Hall–Kier alpha value is -2.60. The molecule has 0 bridgehead atoms. The molecule has 3 aromatic rings. The summed E-state index contributed by atoms with van der Waals surface area (Å²) in [5.74, 6) is 2.84. The van der Waals surface area contributed by atoms with Crippen molar-refractivity contribution in [2.75, 3.05) is 6.54 Å². The molecule has 0 N–H and O–H groups in total. The average Bonchev–Trinajstić information content (AvgIpc) is 3.26. The lowest BCUT2D eigenvalue weighted by atomic mass is 10.2. The van der Waals surface area contributed by atoms with E-state index in [0.717, 1.165) is 42.7 Å². The van der Waals surface area contributed by atoms with Crippen LogP contribution in [-0.2, 0) is 19.7 Å². The number of hydrogen-bond donors (Lipinski definition) is 0. The number of fused-ring (bicyclic) bond motifs is 1. The van der Waals surface area contributed by atoms with E-state index in [1.165, 1.54) is 0 Å². The van der Waals surface area contributed by atoms with Gasteiger partial charge in [0.05, 0.1) is 36.9 Å². The van der Waals surface area contributed by atoms with Crippen LogP contribution < -0.4 is 4.74 Å². The van der Waals surface area contributed by atoms with E-state index in [1.807, 2.05) is 30.5 Å². The molecule has 4 heterocycles. The maximum Gasteiger partial charge on any atom is 0.138 e. The number of furan rings is 1. The van der Waals surface area contributed by atoms with Crippen molar-refractivity contribution in [1.82, 2.24) is 19.4 Å². The van der Waals surface area contributed by atoms with Gasteiger partial charge in [0, 0.05) is 19.3 Å². The van der Waals surface area contributed by atoms with E-state index < -0.39 is 0 Å². The summed E-state index contributed by atoms with van der Waals surface area (Å²) in [4.78, 5) is 11.1. The number of nitrogens with zero attached hydrogens (tertiary/aromatic N) is 4. The molecule has 0 radical (unpaired) electrons. The fraction of sp³-hybridized carbons (Fsp3) is 0.333. The lowest BCUT2D eigenvalue weighted by Crippen LogP contribution is -2.37. The summed E-state index contributed by atoms with van der Waals surface area (Å²) in [5, 5.41) is 0. The Morgan fingerprint density at radius 2 is 2.21 bits per heavy atom. The number of imidazole rings is 1. The first-order chi connectivity index (χ1) is 11.8. The minimum atomic E-state index is 0.246. The molecule has 0 aliphatic carbocycles. The van der Waals surface area contributed by atoms with Gasteiger partial charge in [-0.1, -0.05) is 0 Å². The Morgan fingerprint density at radius 1 is 1.25 bits per heavy atom. The van der Waals surface area contributed by atoms with Crippen LogP contribution in [-0.4, -0.2) is 26.0 Å². The molecular weight excluding hydrogens is 304 g/mol. The Labute approximate surface area is 140 Å². The molecule has 0 saturated heterocycles. The second-order valence-corrected chi connectivity index (χ2v) is 5.96. The zero-order valence-corrected chi connectivity index (χ0v) is 13.6. The molecule has 24 heavy (non-hydrogen) atoms. The lowest BCUT2D eigenvalue weighted by Gasteiger charge is -2.33. The molecule has 0 spiro atoms. The van der Waals surface area contributed by atoms with Gasteiger partial charge in [-0.3, -0.25) is 9.88 Å². The molecule has 6 nitrogen and oxygen atoms in total. The van der Waals surface area contributed by atoms with Gasteiger partial charge in [0.1, 0.15) is 23.9 Å². The molecule has 124 valence electrons. The fourth-order valence-electron chi connectivity index (χ4n) is 3.13. The van der Waals surface area contributed by atoms with Gasteiger partial charge in [-0.15, -0.1) is 0 Å². The van der Waals surface area contributed by atoms with Crippen molar-refractivity contribution in [2.24, 2.45) is 0 Å². The van der Waals surface area contributed by atoms with Gasteiger partial charge >= 0.3 is 0 Å². The van der Waals surface area contributed by atoms with Gasteiger partial charge in [0.25, 0.3) is 0 Å². The normalized spacial score (nSPS) is 17.6. The van der Waals surface area contributed by atoms with E-state index >= 15 is 0 Å². The zero-order valence-electron chi connectivity index (χ0n) is 13.6. The number of aromatic nitrogens is 3. The lowest BCUT2D eigenvalue weighted by molar-refractivity contribution is 0.142. The highest BCUT2D eigenvalue weighted by Gasteiger charge is 2.27. The van der Waals surface area contributed by atoms with Crippen LogP contribution in [0, 0.1) is 0 Å². The van der Waals surface area contributed by atoms with Gasteiger partial charge in [0.15, 0.2) is 0 Å². The molecule has 3 aromatic heterocycles. The molecule has 1 aliphatic rings. The monoisotopic (exact) mass is 324 g/mol. The third-order valence-electron chi connectivity index (χ3n) is 4.46. The van der Waals surface area contributed by atoms with E-state index in [1.54, 1.807) is 18.7 Å². The summed E-state index contributed by atoms with van der Waals surface area (Å²) in [7, 11) is 0. The predicted octanol–water partition coefficient (Wildman–Crippen LogP) is 3.03. The molecule has 0 unspecified atom stereocenters. The fourth-order valence-corrected chi connectivity index (χ4v) is 3.13. The molecule has 1 aliphatic heterocycles. The summed E-state index contributed by atoms with van der Waals surface area (Å²) in [6, 6.07) is 7.97. The highest BCUT2D eigenvalue weighted by atomic mass is 16.5. The van der Waals surface area contributed by atoms with Crippen LogP contribution in [0.25, 0.3) is 0 Å². The van der Waals surface area contributed by atoms with Crippen molar-refractivity contribution >= 4 is 0 Å². The molecule has 1 atom stereocenters. The molecular formula is C18H20N4O2. The molecule has 4 rings (SSSR count). The third kappa shape index (κ3) is 2.92. The average molecular weight is 324 g/mol. The minimum absolute atomic E-state index is 0.246. The summed E-state index contributed by atoms with van der Waals surface area (Å²) < 4.78 is 13.5. The van der Waals surface area contributed by atoms with Crippen LogP contribution >= 0.6 is 0 Å². The van der Waals surface area contributed by atoms with Crippen molar-refractivity contribution in [2.45, 2.75) is 32.7 Å². The standard InChI is InChI=1S/C18H20N4O2/c1-14-18-20-10-15(13-24-16-4-2-6-19-11-16)22(18)8-7-21(14)12-17-5-3-9-23-17/h2-6,9-11,14H,7-8,12-13H2,1H3/t14-/m1/s1. The summed E-state index contributed by atoms with van der Waals surface area (Å²) >= 11 is 0. The molecule has 6 heteroatoms. The van der Waals surface area contributed by atoms with Crippen LogP contribution in [0.5, 0.6) is 5.75 Å². The molecule has 0 fully saturated rings. The van der Waals surface area contributed by atoms with Gasteiger partial charge in [-0.2, -0.15) is 0 Å². The van der Waals surface area contributed by atoms with Crippen LogP contribution in [0.15, 0.2) is 53.5 Å². The van der Waals surface area contributed by atoms with Crippen molar-refractivity contribution in [3.63, 3.8) is 0 Å². The van der Waals surface area contributed by atoms with Crippen molar-refractivity contribution < 1.29 is 9.15 Å². The first kappa shape index (κ1) is 15.0. The van der Waals surface area contributed by atoms with Crippen LogP contribution in [0.3, 0.4) is 0 Å². The first-order valence-corrected chi connectivity index (χ1v) is 8.15. The predicted molar refractivity (Wildman–Crippen MR) is 88.3 cm³/mol. The van der Waals surface area contributed by atoms with Gasteiger partial charge in [0.2, 0.25) is 0 Å². The first-order valence-electron chi connectivity index (χ1n) is 8.15. The van der Waals surface area contributed by atoms with E-state index in [-0.39, 0.29) is 6.04 Å². The molecule has 0 amide bonds. The molecule has 0 saturated carbocycles. The highest BCUT2D eigenvalue weighted by Crippen LogP contribution is 2.27. The minimum Gasteiger partial charge on any atom is -0.486 e. The number of ether oxygens (including phenoxy) is 1. The van der Waals surface area contributed by atoms with E-state index in [4.69, 9.17) is 9.15 Å². The number of hydrogen-bond acceptors (Lipinski definition) is 5. The van der Waals surface area contributed by atoms with E-state index in [2.05, 4.69) is 26.4 Å². The summed E-state index contributed by atoms with van der Waals surface area (Å²) in [6.07, 6.45) is 7.10. The Balaban J connectivity index is 1.46. The van der Waals surface area contributed by atoms with Crippen LogP contribution in [0.1, 0.15) is 30.2 Å². The Morgan fingerprint density at radius 3 is 3.00 bits per heavy atom. The van der Waals surface area contributed by atoms with Gasteiger partial charge < -0.3 is 13.7 Å². The second kappa shape index (κ2) is 6.49. The second-order valence-electron chi connectivity index (χ2n) is 5.96. The Bertz CT molecular complexity index is 783. The third-order valence-corrected chi connectivity index (χ3v) is 4.46. The van der Waals surface area contributed by atoms with E-state index in [9.17, 15) is 0 Å². The van der Waals surface area contributed by atoms with Crippen molar-refractivity contribution in [1.29, 1.82) is 0 Å². The highest BCUT2D eigenvalue weighted by molar-refractivity contribution is 5.17. The van der Waals surface area contributed by atoms with E-state index in [0.29, 0.717) is 6.61 Å². The largest absolute Gasteiger partial charge is 0.486 e. The van der Waals surface area contributed by atoms with Crippen LogP contribution in [0.4, 0.5) is 0 Å². The van der Waals surface area contributed by atoms with Crippen molar-refractivity contribution in [3.05, 3.63) is 66.4 Å². The van der Waals surface area contributed by atoms with Crippen molar-refractivity contribution in [3.8, 4) is 5.75 Å². The SMILES string of the molecule is C[C@@H]1c2ncc(COc3cccnc3)n2CCN1Cc1ccco1. The zero-order chi connectivity index (χ0) is 16.4. The topological polar surface area (TPSA) is 56.3 Å². The smallest absolute Gasteiger partial charge is 0.138 e. The van der Waals surface area contributed by atoms with Gasteiger partial charge in [-0.05, 0) is 31.2 Å². The van der Waals surface area contributed by atoms with Gasteiger partial charge in [-0.25, -0.2) is 4.98 Å².